The Hall–Kier alpha value is -3.21. The molecule has 1 aliphatic heterocycles. The molecule has 10 heteroatoms. The Balaban J connectivity index is 1.68. The zero-order valence-electron chi connectivity index (χ0n) is 21.0. The Morgan fingerprint density at radius 1 is 1.00 bits per heavy atom. The molecule has 37 heavy (non-hydrogen) atoms. The summed E-state index contributed by atoms with van der Waals surface area (Å²) >= 11 is 0. The first-order valence-corrected chi connectivity index (χ1v) is 12.4. The molecule has 3 aromatic rings. The van der Waals surface area contributed by atoms with E-state index in [1.54, 1.807) is 12.1 Å². The van der Waals surface area contributed by atoms with Gasteiger partial charge in [0.1, 0.15) is 11.6 Å². The zero-order valence-corrected chi connectivity index (χ0v) is 21.0. The van der Waals surface area contributed by atoms with Crippen molar-refractivity contribution < 1.29 is 22.6 Å². The van der Waals surface area contributed by atoms with Crippen molar-refractivity contribution in [2.45, 2.75) is 38.7 Å². The standard InChI is InChI=1S/C27H32F3N5O2/c1-18-24(20-6-8-23(9-7-20)37-27(28,29)30)34-26(35-25(18)33-22-10-14-36-15-11-22)21-5-3-4-19(16-21)17-32-13-12-31-2/h3-9,16,22,31-32H,10-15,17H2,1-2H3,(H,33,34,35). The van der Waals surface area contributed by atoms with Crippen LogP contribution in [0.5, 0.6) is 5.75 Å². The first-order valence-electron chi connectivity index (χ1n) is 12.4. The summed E-state index contributed by atoms with van der Waals surface area (Å²) in [5, 5.41) is 10.1. The van der Waals surface area contributed by atoms with Gasteiger partial charge in [0.25, 0.3) is 0 Å². The van der Waals surface area contributed by atoms with Crippen molar-refractivity contribution in [1.29, 1.82) is 0 Å². The number of hydrogen-bond acceptors (Lipinski definition) is 7. The third-order valence-corrected chi connectivity index (χ3v) is 6.14. The van der Waals surface area contributed by atoms with Gasteiger partial charge in [0.05, 0.1) is 5.69 Å². The second-order valence-corrected chi connectivity index (χ2v) is 8.95. The summed E-state index contributed by atoms with van der Waals surface area (Å²) in [5.74, 6) is 0.977. The van der Waals surface area contributed by atoms with Gasteiger partial charge in [-0.3, -0.25) is 0 Å². The third kappa shape index (κ3) is 7.64. The highest BCUT2D eigenvalue weighted by Crippen LogP contribution is 2.32. The van der Waals surface area contributed by atoms with E-state index in [1.165, 1.54) is 12.1 Å². The minimum Gasteiger partial charge on any atom is -0.406 e. The average Bonchev–Trinajstić information content (AvgIpc) is 2.88. The van der Waals surface area contributed by atoms with Gasteiger partial charge >= 0.3 is 6.36 Å². The molecule has 1 aliphatic rings. The topological polar surface area (TPSA) is 80.3 Å². The summed E-state index contributed by atoms with van der Waals surface area (Å²) in [6, 6.07) is 14.0. The quantitative estimate of drug-likeness (QED) is 0.331. The SMILES string of the molecule is CNCCNCc1cccc(-c2nc(NC3CCOCC3)c(C)c(-c3ccc(OC(F)(F)F)cc3)n2)c1. The van der Waals surface area contributed by atoms with E-state index in [-0.39, 0.29) is 11.8 Å². The summed E-state index contributed by atoms with van der Waals surface area (Å²) in [7, 11) is 1.91. The number of ether oxygens (including phenoxy) is 2. The smallest absolute Gasteiger partial charge is 0.406 e. The van der Waals surface area contributed by atoms with E-state index in [4.69, 9.17) is 14.7 Å². The average molecular weight is 516 g/mol. The normalized spacial score (nSPS) is 14.5. The van der Waals surface area contributed by atoms with Crippen LogP contribution in [0.1, 0.15) is 24.0 Å². The molecular formula is C27H32F3N5O2. The molecule has 1 fully saturated rings. The van der Waals surface area contributed by atoms with Crippen LogP contribution in [-0.4, -0.2) is 55.7 Å². The number of likely N-dealkylation sites (N-methyl/N-ethyl adjacent to an activating group) is 1. The van der Waals surface area contributed by atoms with E-state index in [9.17, 15) is 13.2 Å². The maximum atomic E-state index is 12.6. The largest absolute Gasteiger partial charge is 0.573 e. The number of rotatable bonds is 10. The van der Waals surface area contributed by atoms with Gasteiger partial charge < -0.3 is 25.4 Å². The molecule has 0 amide bonds. The van der Waals surface area contributed by atoms with Gasteiger partial charge in [0, 0.05) is 55.6 Å². The van der Waals surface area contributed by atoms with Crippen LogP contribution in [0.25, 0.3) is 22.6 Å². The molecule has 0 aliphatic carbocycles. The van der Waals surface area contributed by atoms with Crippen LogP contribution in [0.3, 0.4) is 0 Å². The molecule has 0 saturated carbocycles. The molecule has 7 nitrogen and oxygen atoms in total. The summed E-state index contributed by atoms with van der Waals surface area (Å²) in [6.45, 7) is 5.72. The Kier molecular flexibility index (Phi) is 8.96. The summed E-state index contributed by atoms with van der Waals surface area (Å²) in [4.78, 5) is 9.73. The fourth-order valence-corrected chi connectivity index (χ4v) is 4.18. The highest BCUT2D eigenvalue weighted by molar-refractivity contribution is 5.72. The van der Waals surface area contributed by atoms with Crippen LogP contribution in [-0.2, 0) is 11.3 Å². The molecule has 0 atom stereocenters. The van der Waals surface area contributed by atoms with E-state index in [0.29, 0.717) is 42.7 Å². The van der Waals surface area contributed by atoms with Gasteiger partial charge in [0.15, 0.2) is 5.82 Å². The Morgan fingerprint density at radius 3 is 2.46 bits per heavy atom. The molecule has 198 valence electrons. The maximum absolute atomic E-state index is 12.6. The van der Waals surface area contributed by atoms with Crippen LogP contribution in [0, 0.1) is 6.92 Å². The number of aromatic nitrogens is 2. The first-order chi connectivity index (χ1) is 17.8. The van der Waals surface area contributed by atoms with Gasteiger partial charge in [-0.2, -0.15) is 0 Å². The lowest BCUT2D eigenvalue weighted by atomic mass is 10.0. The molecule has 1 aromatic heterocycles. The lowest BCUT2D eigenvalue weighted by Gasteiger charge is -2.25. The molecule has 0 radical (unpaired) electrons. The van der Waals surface area contributed by atoms with Crippen molar-refractivity contribution >= 4 is 5.82 Å². The highest BCUT2D eigenvalue weighted by atomic mass is 19.4. The van der Waals surface area contributed by atoms with Gasteiger partial charge in [-0.05, 0) is 62.7 Å². The summed E-state index contributed by atoms with van der Waals surface area (Å²) in [5.41, 5.74) is 4.11. The van der Waals surface area contributed by atoms with Crippen LogP contribution >= 0.6 is 0 Å². The van der Waals surface area contributed by atoms with E-state index in [0.717, 1.165) is 42.6 Å². The fourth-order valence-electron chi connectivity index (χ4n) is 4.18. The van der Waals surface area contributed by atoms with Gasteiger partial charge in [-0.25, -0.2) is 9.97 Å². The van der Waals surface area contributed by atoms with Crippen molar-refractivity contribution in [3.05, 3.63) is 59.7 Å². The zero-order chi connectivity index (χ0) is 26.3. The highest BCUT2D eigenvalue weighted by Gasteiger charge is 2.31. The minimum atomic E-state index is -4.74. The molecule has 2 heterocycles. The van der Waals surface area contributed by atoms with E-state index in [2.05, 4.69) is 26.8 Å². The van der Waals surface area contributed by atoms with Crippen molar-refractivity contribution in [2.24, 2.45) is 0 Å². The Bertz CT molecular complexity index is 1170. The molecule has 4 rings (SSSR count). The number of benzene rings is 2. The number of hydrogen-bond donors (Lipinski definition) is 3. The van der Waals surface area contributed by atoms with E-state index < -0.39 is 6.36 Å². The van der Waals surface area contributed by atoms with Crippen molar-refractivity contribution in [3.63, 3.8) is 0 Å². The predicted molar refractivity (Wildman–Crippen MR) is 137 cm³/mol. The first kappa shape index (κ1) is 26.8. The van der Waals surface area contributed by atoms with Gasteiger partial charge in [0.2, 0.25) is 0 Å². The van der Waals surface area contributed by atoms with Crippen molar-refractivity contribution in [2.75, 3.05) is 38.7 Å². The van der Waals surface area contributed by atoms with E-state index in [1.807, 2.05) is 32.2 Å². The second-order valence-electron chi connectivity index (χ2n) is 8.95. The Labute approximate surface area is 214 Å². The molecule has 1 saturated heterocycles. The van der Waals surface area contributed by atoms with Crippen molar-refractivity contribution in [3.8, 4) is 28.4 Å². The van der Waals surface area contributed by atoms with Crippen LogP contribution in [0.2, 0.25) is 0 Å². The predicted octanol–water partition coefficient (Wildman–Crippen LogP) is 4.92. The van der Waals surface area contributed by atoms with Gasteiger partial charge in [-0.1, -0.05) is 18.2 Å². The molecule has 3 N–H and O–H groups in total. The molecule has 0 spiro atoms. The van der Waals surface area contributed by atoms with Crippen LogP contribution in [0.4, 0.5) is 19.0 Å². The van der Waals surface area contributed by atoms with Gasteiger partial charge in [-0.15, -0.1) is 13.2 Å². The molecule has 2 aromatic carbocycles. The summed E-state index contributed by atoms with van der Waals surface area (Å²) < 4.78 is 47.4. The van der Waals surface area contributed by atoms with Crippen LogP contribution in [0.15, 0.2) is 48.5 Å². The molecule has 0 bridgehead atoms. The summed E-state index contributed by atoms with van der Waals surface area (Å²) in [6.07, 6.45) is -3.01. The number of nitrogens with one attached hydrogen (secondary N) is 3. The molecule has 0 unspecified atom stereocenters. The lowest BCUT2D eigenvalue weighted by molar-refractivity contribution is -0.274. The molecular weight excluding hydrogens is 483 g/mol. The number of halogens is 3. The Morgan fingerprint density at radius 2 is 1.76 bits per heavy atom. The van der Waals surface area contributed by atoms with Crippen LogP contribution < -0.4 is 20.7 Å². The van der Waals surface area contributed by atoms with E-state index >= 15 is 0 Å². The monoisotopic (exact) mass is 515 g/mol. The third-order valence-electron chi connectivity index (χ3n) is 6.14. The minimum absolute atomic E-state index is 0.216. The number of nitrogens with zero attached hydrogens (tertiary/aromatic N) is 2. The van der Waals surface area contributed by atoms with Crippen molar-refractivity contribution in [1.82, 2.24) is 20.6 Å². The second kappa shape index (κ2) is 12.4. The number of anilines is 1. The maximum Gasteiger partial charge on any atom is 0.573 e. The lowest BCUT2D eigenvalue weighted by Crippen LogP contribution is -2.28. The fraction of sp³-hybridized carbons (Fsp3) is 0.407. The number of alkyl halides is 3.